The number of carbonyl (C=O) groups excluding carboxylic acids is 1. The number of rotatable bonds is 3. The van der Waals surface area contributed by atoms with Crippen molar-refractivity contribution < 1.29 is 35.5 Å². The Hall–Kier alpha value is -1.80. The van der Waals surface area contributed by atoms with Crippen LogP contribution in [0.5, 0.6) is 0 Å². The molecule has 21 heavy (non-hydrogen) atoms. The summed E-state index contributed by atoms with van der Waals surface area (Å²) < 4.78 is 86.9. The number of nitrogens with zero attached hydrogens (tertiary/aromatic N) is 1. The molecule has 1 aromatic carbocycles. The number of amides is 1. The van der Waals surface area contributed by atoms with Crippen molar-refractivity contribution in [3.8, 4) is 0 Å². The number of hydrogen-bond acceptors (Lipinski definition) is 1. The summed E-state index contributed by atoms with van der Waals surface area (Å²) >= 11 is 0. The van der Waals surface area contributed by atoms with Gasteiger partial charge in [-0.3, -0.25) is 4.79 Å². The van der Waals surface area contributed by atoms with E-state index in [1.165, 1.54) is 0 Å². The van der Waals surface area contributed by atoms with Gasteiger partial charge in [-0.1, -0.05) is 0 Å². The predicted octanol–water partition coefficient (Wildman–Crippen LogP) is 3.87. The van der Waals surface area contributed by atoms with Crippen LogP contribution in [0.4, 0.5) is 30.7 Å². The lowest BCUT2D eigenvalue weighted by Crippen LogP contribution is -2.31. The molecular weight excluding hydrogens is 307 g/mol. The average molecular weight is 317 g/mol. The normalized spacial score (nSPS) is 12.4. The van der Waals surface area contributed by atoms with Crippen LogP contribution in [-0.4, -0.2) is 30.6 Å². The molecule has 0 spiro atoms. The highest BCUT2D eigenvalue weighted by molar-refractivity contribution is 5.94. The molecule has 0 heterocycles. The first kappa shape index (κ1) is 17.3. The van der Waals surface area contributed by atoms with Crippen LogP contribution in [0, 0.1) is 5.82 Å². The lowest BCUT2D eigenvalue weighted by molar-refractivity contribution is -0.137. The van der Waals surface area contributed by atoms with Crippen molar-refractivity contribution in [2.24, 2.45) is 0 Å². The molecule has 0 aliphatic rings. The Balaban J connectivity index is 2.96. The van der Waals surface area contributed by atoms with Gasteiger partial charge in [-0.2, -0.15) is 26.3 Å². The first-order chi connectivity index (χ1) is 9.42. The molecule has 0 atom stereocenters. The highest BCUT2D eigenvalue weighted by Gasteiger charge is 2.33. The molecule has 0 bridgehead atoms. The van der Waals surface area contributed by atoms with Crippen LogP contribution in [0.3, 0.4) is 0 Å². The molecule has 0 radical (unpaired) electrons. The Morgan fingerprint density at radius 2 is 1.71 bits per heavy atom. The van der Waals surface area contributed by atoms with Gasteiger partial charge in [0.2, 0.25) is 0 Å². The van der Waals surface area contributed by atoms with E-state index < -0.39 is 48.2 Å². The van der Waals surface area contributed by atoms with Crippen LogP contribution < -0.4 is 0 Å². The van der Waals surface area contributed by atoms with Gasteiger partial charge in [0.1, 0.15) is 5.82 Å². The van der Waals surface area contributed by atoms with Crippen molar-refractivity contribution in [3.63, 3.8) is 0 Å². The van der Waals surface area contributed by atoms with E-state index in [1.807, 2.05) is 0 Å². The highest BCUT2D eigenvalue weighted by atomic mass is 19.4. The second-order valence-electron chi connectivity index (χ2n) is 4.28. The van der Waals surface area contributed by atoms with Gasteiger partial charge in [0, 0.05) is 13.6 Å². The minimum absolute atomic E-state index is 0.280. The molecule has 0 fully saturated rings. The van der Waals surface area contributed by atoms with Crippen LogP contribution in [0.1, 0.15) is 22.3 Å². The van der Waals surface area contributed by atoms with Crippen molar-refractivity contribution in [1.29, 1.82) is 0 Å². The summed E-state index contributed by atoms with van der Waals surface area (Å²) in [4.78, 5) is 12.2. The Bertz CT molecular complexity index is 521. The van der Waals surface area contributed by atoms with Crippen molar-refractivity contribution in [1.82, 2.24) is 4.90 Å². The summed E-state index contributed by atoms with van der Waals surface area (Å²) in [5.41, 5.74) is -2.18. The minimum atomic E-state index is -4.78. The van der Waals surface area contributed by atoms with Gasteiger partial charge in [-0.15, -0.1) is 0 Å². The summed E-state index contributed by atoms with van der Waals surface area (Å²) in [6.07, 6.45) is -10.6. The monoisotopic (exact) mass is 317 g/mol. The van der Waals surface area contributed by atoms with Crippen LogP contribution in [-0.2, 0) is 6.18 Å². The molecule has 0 saturated carbocycles. The largest absolute Gasteiger partial charge is 0.416 e. The average Bonchev–Trinajstić information content (AvgIpc) is 2.33. The second kappa shape index (κ2) is 5.90. The zero-order chi connectivity index (χ0) is 16.4. The highest BCUT2D eigenvalue weighted by Crippen LogP contribution is 2.30. The molecule has 1 aromatic rings. The van der Waals surface area contributed by atoms with Gasteiger partial charge in [0.15, 0.2) is 0 Å². The standard InChI is InChI=1S/C12H10F7NO/c1-20(5-4-11(14,15)16)10(21)8-6-7(12(17,18)19)2-3-9(8)13/h2-3,6H,4-5H2,1H3. The summed E-state index contributed by atoms with van der Waals surface area (Å²) in [5, 5.41) is 0. The van der Waals surface area contributed by atoms with E-state index >= 15 is 0 Å². The van der Waals surface area contributed by atoms with Crippen LogP contribution in [0.15, 0.2) is 18.2 Å². The smallest absolute Gasteiger partial charge is 0.341 e. The molecule has 9 heteroatoms. The third-order valence-corrected chi connectivity index (χ3v) is 2.60. The Labute approximate surface area is 115 Å². The minimum Gasteiger partial charge on any atom is -0.341 e. The van der Waals surface area contributed by atoms with E-state index in [2.05, 4.69) is 0 Å². The van der Waals surface area contributed by atoms with E-state index in [0.29, 0.717) is 17.0 Å². The number of hydrogen-bond donors (Lipinski definition) is 0. The van der Waals surface area contributed by atoms with Gasteiger partial charge in [0.25, 0.3) is 5.91 Å². The molecular formula is C12H10F7NO. The molecule has 0 aliphatic carbocycles. The van der Waals surface area contributed by atoms with E-state index in [1.54, 1.807) is 0 Å². The van der Waals surface area contributed by atoms with Gasteiger partial charge < -0.3 is 4.90 Å². The second-order valence-corrected chi connectivity index (χ2v) is 4.28. The fourth-order valence-corrected chi connectivity index (χ4v) is 1.47. The summed E-state index contributed by atoms with van der Waals surface area (Å²) in [6, 6.07) is 1.18. The lowest BCUT2D eigenvalue weighted by atomic mass is 10.1. The first-order valence-electron chi connectivity index (χ1n) is 5.61. The van der Waals surface area contributed by atoms with Gasteiger partial charge in [-0.25, -0.2) is 4.39 Å². The third kappa shape index (κ3) is 4.91. The summed E-state index contributed by atoms with van der Waals surface area (Å²) in [7, 11) is 0.952. The third-order valence-electron chi connectivity index (χ3n) is 2.60. The zero-order valence-electron chi connectivity index (χ0n) is 10.6. The van der Waals surface area contributed by atoms with E-state index in [4.69, 9.17) is 0 Å². The van der Waals surface area contributed by atoms with E-state index in [0.717, 1.165) is 7.05 Å². The molecule has 1 rings (SSSR count). The maximum atomic E-state index is 13.4. The van der Waals surface area contributed by atoms with Gasteiger partial charge in [-0.05, 0) is 18.2 Å². The van der Waals surface area contributed by atoms with Crippen LogP contribution in [0.25, 0.3) is 0 Å². The molecule has 118 valence electrons. The fraction of sp³-hybridized carbons (Fsp3) is 0.417. The Kier molecular flexibility index (Phi) is 4.85. The topological polar surface area (TPSA) is 20.3 Å². The van der Waals surface area contributed by atoms with E-state index in [-0.39, 0.29) is 6.07 Å². The molecule has 0 aliphatic heterocycles. The maximum absolute atomic E-state index is 13.4. The molecule has 0 unspecified atom stereocenters. The van der Waals surface area contributed by atoms with Gasteiger partial charge in [0.05, 0.1) is 17.5 Å². The van der Waals surface area contributed by atoms with Crippen molar-refractivity contribution >= 4 is 5.91 Å². The van der Waals surface area contributed by atoms with E-state index in [9.17, 15) is 35.5 Å². The lowest BCUT2D eigenvalue weighted by Gasteiger charge is -2.19. The van der Waals surface area contributed by atoms with Gasteiger partial charge >= 0.3 is 12.4 Å². The van der Waals surface area contributed by atoms with Crippen LogP contribution in [0.2, 0.25) is 0 Å². The molecule has 0 saturated heterocycles. The Morgan fingerprint density at radius 1 is 1.14 bits per heavy atom. The predicted molar refractivity (Wildman–Crippen MR) is 59.0 cm³/mol. The maximum Gasteiger partial charge on any atom is 0.416 e. The SMILES string of the molecule is CN(CCC(F)(F)F)C(=O)c1cc(C(F)(F)F)ccc1F. The number of benzene rings is 1. The number of carbonyl (C=O) groups is 1. The number of alkyl halides is 6. The molecule has 1 amide bonds. The van der Waals surface area contributed by atoms with Crippen molar-refractivity contribution in [2.75, 3.05) is 13.6 Å². The van der Waals surface area contributed by atoms with Crippen LogP contribution >= 0.6 is 0 Å². The fourth-order valence-electron chi connectivity index (χ4n) is 1.47. The Morgan fingerprint density at radius 3 is 2.19 bits per heavy atom. The number of halogens is 7. The summed E-state index contributed by atoms with van der Waals surface area (Å²) in [5.74, 6) is -2.48. The van der Waals surface area contributed by atoms with Crippen molar-refractivity contribution in [2.45, 2.75) is 18.8 Å². The molecule has 2 nitrogen and oxygen atoms in total. The van der Waals surface area contributed by atoms with Crippen molar-refractivity contribution in [3.05, 3.63) is 35.1 Å². The first-order valence-corrected chi connectivity index (χ1v) is 5.61. The zero-order valence-corrected chi connectivity index (χ0v) is 10.6. The molecule has 0 aromatic heterocycles. The molecule has 0 N–H and O–H groups in total. The summed E-state index contributed by atoms with van der Waals surface area (Å²) in [6.45, 7) is -0.780. The quantitative estimate of drug-likeness (QED) is 0.775.